The minimum absolute atomic E-state index is 0.511. The second-order valence-corrected chi connectivity index (χ2v) is 2.71. The van der Waals surface area contributed by atoms with E-state index in [-0.39, 0.29) is 0 Å². The number of pyridine rings is 1. The summed E-state index contributed by atoms with van der Waals surface area (Å²) in [6, 6.07) is 3.96. The predicted octanol–water partition coefficient (Wildman–Crippen LogP) is 0.944. The molecule has 0 atom stereocenters. The summed E-state index contributed by atoms with van der Waals surface area (Å²) < 4.78 is 0. The Labute approximate surface area is 71.8 Å². The Morgan fingerprint density at radius 1 is 1.50 bits per heavy atom. The van der Waals surface area contributed by atoms with Crippen LogP contribution < -0.4 is 5.32 Å². The lowest BCUT2D eigenvalue weighted by Crippen LogP contribution is -2.12. The van der Waals surface area contributed by atoms with Crippen LogP contribution in [0.3, 0.4) is 0 Å². The van der Waals surface area contributed by atoms with Crippen LogP contribution in [0.5, 0.6) is 0 Å². The number of nitrogens with zero attached hydrogens (tertiary/aromatic N) is 1. The fourth-order valence-corrected chi connectivity index (χ4v) is 0.997. The van der Waals surface area contributed by atoms with E-state index in [0.717, 1.165) is 17.0 Å². The van der Waals surface area contributed by atoms with Crippen molar-refractivity contribution in [2.75, 3.05) is 0 Å². The highest BCUT2D eigenvalue weighted by molar-refractivity contribution is 5.46. The van der Waals surface area contributed by atoms with Gasteiger partial charge in [-0.2, -0.15) is 0 Å². The first kappa shape index (κ1) is 8.71. The zero-order valence-electron chi connectivity index (χ0n) is 7.29. The van der Waals surface area contributed by atoms with Crippen LogP contribution in [0, 0.1) is 13.8 Å². The normalized spacial score (nSPS) is 9.50. The van der Waals surface area contributed by atoms with Crippen LogP contribution in [0.2, 0.25) is 0 Å². The Morgan fingerprint density at radius 3 is 2.92 bits per heavy atom. The smallest absolute Gasteiger partial charge is 0.207 e. The molecule has 1 heterocycles. The average molecular weight is 164 g/mol. The average Bonchev–Trinajstić information content (AvgIpc) is 2.07. The van der Waals surface area contributed by atoms with Crippen molar-refractivity contribution < 1.29 is 4.79 Å². The minimum Gasteiger partial charge on any atom is -0.353 e. The molecular formula is C9H12N2O. The number of carbonyl (C=O) groups excluding carboxylic acids is 1. The van der Waals surface area contributed by atoms with Crippen molar-refractivity contribution in [1.82, 2.24) is 10.3 Å². The first-order valence-corrected chi connectivity index (χ1v) is 3.84. The molecular weight excluding hydrogens is 152 g/mol. The van der Waals surface area contributed by atoms with Gasteiger partial charge in [0.15, 0.2) is 0 Å². The summed E-state index contributed by atoms with van der Waals surface area (Å²) in [6.07, 6.45) is 0.684. The summed E-state index contributed by atoms with van der Waals surface area (Å²) in [7, 11) is 0. The predicted molar refractivity (Wildman–Crippen MR) is 46.6 cm³/mol. The molecule has 1 rings (SSSR count). The first-order valence-electron chi connectivity index (χ1n) is 3.84. The lowest BCUT2D eigenvalue weighted by Gasteiger charge is -2.04. The maximum Gasteiger partial charge on any atom is 0.207 e. The minimum atomic E-state index is 0.511. The second-order valence-electron chi connectivity index (χ2n) is 2.71. The van der Waals surface area contributed by atoms with E-state index < -0.39 is 0 Å². The van der Waals surface area contributed by atoms with E-state index in [1.54, 1.807) is 0 Å². The maximum atomic E-state index is 10.0. The molecule has 64 valence electrons. The SMILES string of the molecule is Cc1ccc(C)c(CNC=O)n1. The summed E-state index contributed by atoms with van der Waals surface area (Å²) in [4.78, 5) is 14.3. The number of carbonyl (C=O) groups is 1. The quantitative estimate of drug-likeness (QED) is 0.676. The zero-order valence-corrected chi connectivity index (χ0v) is 7.29. The van der Waals surface area contributed by atoms with E-state index >= 15 is 0 Å². The third-order valence-electron chi connectivity index (χ3n) is 1.69. The summed E-state index contributed by atoms with van der Waals surface area (Å²) in [5.41, 5.74) is 3.01. The topological polar surface area (TPSA) is 42.0 Å². The molecule has 0 unspecified atom stereocenters. The van der Waals surface area contributed by atoms with Crippen LogP contribution in [-0.2, 0) is 11.3 Å². The number of hydrogen-bond donors (Lipinski definition) is 1. The highest BCUT2D eigenvalue weighted by Gasteiger charge is 1.98. The van der Waals surface area contributed by atoms with Crippen molar-refractivity contribution in [3.63, 3.8) is 0 Å². The van der Waals surface area contributed by atoms with E-state index in [2.05, 4.69) is 10.3 Å². The van der Waals surface area contributed by atoms with Crippen molar-refractivity contribution in [1.29, 1.82) is 0 Å². The Hall–Kier alpha value is -1.38. The van der Waals surface area contributed by atoms with Gasteiger partial charge in [-0.3, -0.25) is 9.78 Å². The van der Waals surface area contributed by atoms with Crippen molar-refractivity contribution in [2.45, 2.75) is 20.4 Å². The third-order valence-corrected chi connectivity index (χ3v) is 1.69. The van der Waals surface area contributed by atoms with E-state index in [1.807, 2.05) is 26.0 Å². The fraction of sp³-hybridized carbons (Fsp3) is 0.333. The molecule has 1 aromatic rings. The molecule has 0 saturated heterocycles. The fourth-order valence-electron chi connectivity index (χ4n) is 0.997. The second kappa shape index (κ2) is 3.85. The molecule has 0 fully saturated rings. The summed E-state index contributed by atoms with van der Waals surface area (Å²) >= 11 is 0. The molecule has 3 nitrogen and oxygen atoms in total. The Bertz CT molecular complexity index is 284. The van der Waals surface area contributed by atoms with Gasteiger partial charge in [-0.05, 0) is 25.5 Å². The number of rotatable bonds is 3. The van der Waals surface area contributed by atoms with E-state index in [1.165, 1.54) is 0 Å². The van der Waals surface area contributed by atoms with Crippen LogP contribution in [0.1, 0.15) is 17.0 Å². The van der Waals surface area contributed by atoms with Gasteiger partial charge in [0.1, 0.15) is 0 Å². The van der Waals surface area contributed by atoms with Gasteiger partial charge in [0.2, 0.25) is 6.41 Å². The Morgan fingerprint density at radius 2 is 2.25 bits per heavy atom. The number of nitrogens with one attached hydrogen (secondary N) is 1. The number of aromatic nitrogens is 1. The highest BCUT2D eigenvalue weighted by Crippen LogP contribution is 2.04. The van der Waals surface area contributed by atoms with Gasteiger partial charge >= 0.3 is 0 Å². The van der Waals surface area contributed by atoms with Gasteiger partial charge < -0.3 is 5.32 Å². The standard InChI is InChI=1S/C9H12N2O/c1-7-3-4-8(2)11-9(7)5-10-6-12/h3-4,6H,5H2,1-2H3,(H,10,12). The lowest BCUT2D eigenvalue weighted by molar-refractivity contribution is -0.109. The van der Waals surface area contributed by atoms with Crippen LogP contribution in [0.4, 0.5) is 0 Å². The highest BCUT2D eigenvalue weighted by atomic mass is 16.1. The van der Waals surface area contributed by atoms with Crippen molar-refractivity contribution in [2.24, 2.45) is 0 Å². The van der Waals surface area contributed by atoms with Crippen LogP contribution in [0.15, 0.2) is 12.1 Å². The molecule has 12 heavy (non-hydrogen) atoms. The molecule has 0 saturated carbocycles. The van der Waals surface area contributed by atoms with Gasteiger partial charge in [-0.1, -0.05) is 6.07 Å². The van der Waals surface area contributed by atoms with Gasteiger partial charge in [-0.15, -0.1) is 0 Å². The van der Waals surface area contributed by atoms with Crippen molar-refractivity contribution >= 4 is 6.41 Å². The van der Waals surface area contributed by atoms with Crippen LogP contribution in [-0.4, -0.2) is 11.4 Å². The molecule has 0 aliphatic rings. The lowest BCUT2D eigenvalue weighted by atomic mass is 10.2. The van der Waals surface area contributed by atoms with Gasteiger partial charge in [-0.25, -0.2) is 0 Å². The van der Waals surface area contributed by atoms with E-state index in [9.17, 15) is 4.79 Å². The number of aryl methyl sites for hydroxylation is 2. The van der Waals surface area contributed by atoms with Crippen molar-refractivity contribution in [3.8, 4) is 0 Å². The van der Waals surface area contributed by atoms with Crippen LogP contribution >= 0.6 is 0 Å². The van der Waals surface area contributed by atoms with Gasteiger partial charge in [0, 0.05) is 5.69 Å². The molecule has 0 aromatic carbocycles. The summed E-state index contributed by atoms with van der Waals surface area (Å²) in [6.45, 7) is 4.43. The molecule has 0 spiro atoms. The molecule has 0 bridgehead atoms. The molecule has 0 aliphatic heterocycles. The summed E-state index contributed by atoms with van der Waals surface area (Å²) in [5, 5.41) is 2.59. The molecule has 1 amide bonds. The van der Waals surface area contributed by atoms with Crippen LogP contribution in [0.25, 0.3) is 0 Å². The monoisotopic (exact) mass is 164 g/mol. The largest absolute Gasteiger partial charge is 0.353 e. The molecule has 1 aromatic heterocycles. The Kier molecular flexibility index (Phi) is 2.80. The summed E-state index contributed by atoms with van der Waals surface area (Å²) in [5.74, 6) is 0. The molecule has 3 heteroatoms. The van der Waals surface area contributed by atoms with E-state index in [4.69, 9.17) is 0 Å². The maximum absolute atomic E-state index is 10.0. The number of amides is 1. The van der Waals surface area contributed by atoms with Gasteiger partial charge in [0.05, 0.1) is 12.2 Å². The first-order chi connectivity index (χ1) is 5.74. The molecule has 1 N–H and O–H groups in total. The Balaban J connectivity index is 2.82. The number of hydrogen-bond acceptors (Lipinski definition) is 2. The zero-order chi connectivity index (χ0) is 8.97. The van der Waals surface area contributed by atoms with Gasteiger partial charge in [0.25, 0.3) is 0 Å². The third kappa shape index (κ3) is 2.05. The molecule has 0 radical (unpaired) electrons. The van der Waals surface area contributed by atoms with E-state index in [0.29, 0.717) is 13.0 Å². The molecule has 0 aliphatic carbocycles. The van der Waals surface area contributed by atoms with Crippen molar-refractivity contribution in [3.05, 3.63) is 29.1 Å².